The molecule has 0 spiro atoms. The Bertz CT molecular complexity index is 234. The smallest absolute Gasteiger partial charge is 0.425 e. The Morgan fingerprint density at radius 3 is 2.93 bits per heavy atom. The number of carbonyl (C=O) groups excluding carboxylic acids is 1. The lowest BCUT2D eigenvalue weighted by Gasteiger charge is -2.14. The monoisotopic (exact) mass is 203 g/mol. The molecule has 0 amide bonds. The average Bonchev–Trinajstić information content (AvgIpc) is 2.64. The first kappa shape index (κ1) is 9.70. The van der Waals surface area contributed by atoms with Crippen LogP contribution in [0.15, 0.2) is 0 Å². The molecule has 2 aliphatic rings. The molecule has 6 heteroatoms. The van der Waals surface area contributed by atoms with Crippen LogP contribution in [0.25, 0.3) is 0 Å². The maximum absolute atomic E-state index is 10.8. The molecule has 4 atom stereocenters. The van der Waals surface area contributed by atoms with Crippen molar-refractivity contribution in [1.29, 1.82) is 0 Å². The van der Waals surface area contributed by atoms with E-state index in [0.29, 0.717) is 6.42 Å². The van der Waals surface area contributed by atoms with Crippen molar-refractivity contribution in [1.82, 2.24) is 0 Å². The molecule has 1 heterocycles. The van der Waals surface area contributed by atoms with Gasteiger partial charge in [0.2, 0.25) is 0 Å². The first-order valence-electron chi connectivity index (χ1n) is 4.57. The Morgan fingerprint density at radius 2 is 2.21 bits per heavy atom. The van der Waals surface area contributed by atoms with Gasteiger partial charge in [-0.15, -0.1) is 0 Å². The lowest BCUT2D eigenvalue weighted by molar-refractivity contribution is -0.0273. The zero-order valence-electron chi connectivity index (χ0n) is 7.59. The maximum atomic E-state index is 10.8. The Kier molecular flexibility index (Phi) is 2.58. The summed E-state index contributed by atoms with van der Waals surface area (Å²) in [4.78, 5) is 10.8. The van der Waals surface area contributed by atoms with E-state index < -0.39 is 18.4 Å². The fourth-order valence-corrected chi connectivity index (χ4v) is 1.91. The molecule has 80 valence electrons. The number of rotatable bonds is 3. The molecule has 0 aromatic rings. The van der Waals surface area contributed by atoms with Crippen LogP contribution in [-0.2, 0) is 14.2 Å². The summed E-state index contributed by atoms with van der Waals surface area (Å²) >= 11 is 0. The number of hydrogen-bond donors (Lipinski definition) is 2. The van der Waals surface area contributed by atoms with Gasteiger partial charge in [0.1, 0.15) is 6.10 Å². The molecule has 6 nitrogen and oxygen atoms in total. The highest BCUT2D eigenvalue weighted by Crippen LogP contribution is 2.32. The Hall–Kier alpha value is -0.850. The molecule has 0 aromatic carbocycles. The van der Waals surface area contributed by atoms with Gasteiger partial charge in [0.15, 0.2) is 12.2 Å². The fraction of sp³-hybridized carbons (Fsp3) is 0.875. The van der Waals surface area contributed by atoms with Crippen LogP contribution >= 0.6 is 0 Å². The zero-order valence-corrected chi connectivity index (χ0v) is 7.59. The van der Waals surface area contributed by atoms with E-state index in [4.69, 9.17) is 25.1 Å². The minimum atomic E-state index is -0.687. The Labute approximate surface area is 80.9 Å². The van der Waals surface area contributed by atoms with E-state index in [9.17, 15) is 4.79 Å². The minimum Gasteiger partial charge on any atom is -0.425 e. The number of hydrogen-bond acceptors (Lipinski definition) is 6. The number of aliphatic hydroxyl groups excluding tert-OH is 1. The summed E-state index contributed by atoms with van der Waals surface area (Å²) in [7, 11) is 0. The number of ether oxygens (including phenoxy) is 3. The van der Waals surface area contributed by atoms with Gasteiger partial charge in [-0.3, -0.25) is 0 Å². The topological polar surface area (TPSA) is 91.0 Å². The van der Waals surface area contributed by atoms with E-state index in [1.807, 2.05) is 0 Å². The van der Waals surface area contributed by atoms with Crippen molar-refractivity contribution in [3.8, 4) is 0 Å². The summed E-state index contributed by atoms with van der Waals surface area (Å²) in [6, 6.07) is -0.241. The number of aliphatic hydroxyl groups is 1. The highest BCUT2D eigenvalue weighted by molar-refractivity contribution is 5.63. The van der Waals surface area contributed by atoms with Gasteiger partial charge in [0.05, 0.1) is 13.2 Å². The van der Waals surface area contributed by atoms with Crippen LogP contribution in [0, 0.1) is 0 Å². The van der Waals surface area contributed by atoms with Crippen molar-refractivity contribution in [3.63, 3.8) is 0 Å². The van der Waals surface area contributed by atoms with Crippen molar-refractivity contribution in [2.45, 2.75) is 30.8 Å². The van der Waals surface area contributed by atoms with Gasteiger partial charge in [-0.25, -0.2) is 4.79 Å². The molecular weight excluding hydrogens is 190 g/mol. The van der Waals surface area contributed by atoms with Gasteiger partial charge >= 0.3 is 6.16 Å². The van der Waals surface area contributed by atoms with Gasteiger partial charge in [0, 0.05) is 6.04 Å². The van der Waals surface area contributed by atoms with Crippen molar-refractivity contribution in [3.05, 3.63) is 0 Å². The van der Waals surface area contributed by atoms with Crippen LogP contribution in [0.2, 0.25) is 0 Å². The average molecular weight is 203 g/mol. The number of carbonyl (C=O) groups is 1. The van der Waals surface area contributed by atoms with E-state index in [-0.39, 0.29) is 25.4 Å². The van der Waals surface area contributed by atoms with E-state index in [1.165, 1.54) is 0 Å². The molecule has 0 bridgehead atoms. The van der Waals surface area contributed by atoms with Crippen LogP contribution in [0.3, 0.4) is 0 Å². The molecule has 14 heavy (non-hydrogen) atoms. The molecule has 1 aliphatic carbocycles. The van der Waals surface area contributed by atoms with E-state index >= 15 is 0 Å². The van der Waals surface area contributed by atoms with Gasteiger partial charge in [-0.2, -0.15) is 0 Å². The Morgan fingerprint density at radius 1 is 1.50 bits per heavy atom. The number of fused-ring (bicyclic) bond motifs is 1. The van der Waals surface area contributed by atoms with Gasteiger partial charge in [0.25, 0.3) is 0 Å². The van der Waals surface area contributed by atoms with Crippen LogP contribution in [-0.4, -0.2) is 48.8 Å². The second-order valence-corrected chi connectivity index (χ2v) is 3.45. The molecule has 3 N–H and O–H groups in total. The molecular formula is C8H13NO5. The van der Waals surface area contributed by atoms with Crippen molar-refractivity contribution < 1.29 is 24.1 Å². The largest absolute Gasteiger partial charge is 0.509 e. The second-order valence-electron chi connectivity index (χ2n) is 3.45. The second kappa shape index (κ2) is 3.72. The molecule has 1 aliphatic heterocycles. The van der Waals surface area contributed by atoms with Gasteiger partial charge in [-0.1, -0.05) is 0 Å². The van der Waals surface area contributed by atoms with Gasteiger partial charge in [-0.05, 0) is 6.42 Å². The lowest BCUT2D eigenvalue weighted by Crippen LogP contribution is -2.34. The molecule has 0 radical (unpaired) electrons. The highest BCUT2D eigenvalue weighted by Gasteiger charge is 2.52. The standard InChI is InChI=1S/C8H13NO5/c9-4-3-5(12-2-1-10)7-6(4)13-8(11)14-7/h4-7,10H,1-3,9H2/t4-,5+,6+,7-/m1/s1. The summed E-state index contributed by atoms with van der Waals surface area (Å²) in [5.41, 5.74) is 5.74. The molecule has 1 saturated carbocycles. The summed E-state index contributed by atoms with van der Waals surface area (Å²) < 4.78 is 15.1. The van der Waals surface area contributed by atoms with Gasteiger partial charge < -0.3 is 25.1 Å². The van der Waals surface area contributed by atoms with Crippen molar-refractivity contribution in [2.24, 2.45) is 5.73 Å². The lowest BCUT2D eigenvalue weighted by atomic mass is 10.2. The van der Waals surface area contributed by atoms with E-state index in [0.717, 1.165) is 0 Å². The molecule has 0 unspecified atom stereocenters. The summed E-state index contributed by atoms with van der Waals surface area (Å²) in [6.07, 6.45) is -1.17. The van der Waals surface area contributed by atoms with Crippen molar-refractivity contribution >= 4 is 6.16 Å². The summed E-state index contributed by atoms with van der Waals surface area (Å²) in [6.45, 7) is 0.163. The SMILES string of the molecule is N[C@@H]1C[C@H](OCCO)[C@H]2OC(=O)O[C@H]21. The third-order valence-electron chi connectivity index (χ3n) is 2.50. The normalized spacial score (nSPS) is 40.6. The highest BCUT2D eigenvalue weighted by atomic mass is 16.8. The van der Waals surface area contributed by atoms with Crippen molar-refractivity contribution in [2.75, 3.05) is 13.2 Å². The molecule has 1 saturated heterocycles. The van der Waals surface area contributed by atoms with Crippen LogP contribution in [0.1, 0.15) is 6.42 Å². The predicted molar refractivity (Wildman–Crippen MR) is 44.6 cm³/mol. The predicted octanol–water partition coefficient (Wildman–Crippen LogP) is -1.00. The summed E-state index contributed by atoms with van der Waals surface area (Å²) in [5.74, 6) is 0. The maximum Gasteiger partial charge on any atom is 0.509 e. The third kappa shape index (κ3) is 1.56. The van der Waals surface area contributed by atoms with Crippen LogP contribution in [0.4, 0.5) is 4.79 Å². The van der Waals surface area contributed by atoms with E-state index in [1.54, 1.807) is 0 Å². The molecule has 2 rings (SSSR count). The first-order chi connectivity index (χ1) is 6.72. The molecule has 0 aromatic heterocycles. The fourth-order valence-electron chi connectivity index (χ4n) is 1.91. The van der Waals surface area contributed by atoms with Crippen LogP contribution < -0.4 is 5.73 Å². The summed E-state index contributed by atoms with van der Waals surface area (Å²) in [5, 5.41) is 8.59. The number of nitrogens with two attached hydrogens (primary N) is 1. The van der Waals surface area contributed by atoms with E-state index in [2.05, 4.69) is 0 Å². The minimum absolute atomic E-state index is 0.0576. The third-order valence-corrected chi connectivity index (χ3v) is 2.50. The molecule has 2 fully saturated rings. The zero-order chi connectivity index (χ0) is 10.1. The van der Waals surface area contributed by atoms with Crippen LogP contribution in [0.5, 0.6) is 0 Å². The first-order valence-corrected chi connectivity index (χ1v) is 4.57. The Balaban J connectivity index is 1.97. The quantitative estimate of drug-likeness (QED) is 0.571.